The fourth-order valence-electron chi connectivity index (χ4n) is 1.18. The van der Waals surface area contributed by atoms with Crippen LogP contribution in [0.15, 0.2) is 0 Å². The first-order chi connectivity index (χ1) is 6.40. The van der Waals surface area contributed by atoms with E-state index in [1.54, 1.807) is 19.0 Å². The molecule has 0 radical (unpaired) electrons. The van der Waals surface area contributed by atoms with Crippen LogP contribution in [0.2, 0.25) is 0 Å². The van der Waals surface area contributed by atoms with Crippen LogP contribution in [-0.4, -0.2) is 48.7 Å². The molecule has 0 rings (SSSR count). The van der Waals surface area contributed by atoms with E-state index in [4.69, 9.17) is 5.11 Å². The molecule has 0 aliphatic rings. The number of likely N-dealkylation sites (N-methyl/N-ethyl adjacent to an activating group) is 1. The van der Waals surface area contributed by atoms with Crippen molar-refractivity contribution in [3.8, 4) is 0 Å². The molecule has 0 aromatic carbocycles. The average molecular weight is 202 g/mol. The number of nitrogens with one attached hydrogen (secondary N) is 1. The van der Waals surface area contributed by atoms with E-state index in [-0.39, 0.29) is 30.5 Å². The van der Waals surface area contributed by atoms with Gasteiger partial charge in [0.15, 0.2) is 0 Å². The summed E-state index contributed by atoms with van der Waals surface area (Å²) in [6.07, 6.45) is 0. The minimum atomic E-state index is -0.200. The lowest BCUT2D eigenvalue weighted by Crippen LogP contribution is -2.47. The standard InChI is InChI=1S/C10H22N2O2/c1-7(6-13)8(2)11-9(3)10(14)12(4)5/h7-9,11,13H,6H2,1-5H3. The maximum Gasteiger partial charge on any atom is 0.238 e. The third-order valence-corrected chi connectivity index (χ3v) is 2.47. The van der Waals surface area contributed by atoms with Crippen LogP contribution in [0.4, 0.5) is 0 Å². The summed E-state index contributed by atoms with van der Waals surface area (Å²) in [5, 5.41) is 12.1. The smallest absolute Gasteiger partial charge is 0.238 e. The Balaban J connectivity index is 4.05. The van der Waals surface area contributed by atoms with Gasteiger partial charge in [-0.25, -0.2) is 0 Å². The van der Waals surface area contributed by atoms with Gasteiger partial charge in [-0.15, -0.1) is 0 Å². The van der Waals surface area contributed by atoms with E-state index in [9.17, 15) is 4.79 Å². The highest BCUT2D eigenvalue weighted by Gasteiger charge is 2.19. The van der Waals surface area contributed by atoms with Gasteiger partial charge in [-0.2, -0.15) is 0 Å². The highest BCUT2D eigenvalue weighted by atomic mass is 16.3. The summed E-state index contributed by atoms with van der Waals surface area (Å²) >= 11 is 0. The fraction of sp³-hybridized carbons (Fsp3) is 0.900. The number of rotatable bonds is 5. The first-order valence-electron chi connectivity index (χ1n) is 4.98. The summed E-state index contributed by atoms with van der Waals surface area (Å²) in [4.78, 5) is 13.1. The third-order valence-electron chi connectivity index (χ3n) is 2.47. The van der Waals surface area contributed by atoms with Crippen molar-refractivity contribution in [1.82, 2.24) is 10.2 Å². The minimum Gasteiger partial charge on any atom is -0.396 e. The van der Waals surface area contributed by atoms with Crippen LogP contribution in [0.3, 0.4) is 0 Å². The Morgan fingerprint density at radius 2 is 1.86 bits per heavy atom. The zero-order valence-electron chi connectivity index (χ0n) is 9.74. The molecule has 0 spiro atoms. The number of hydrogen-bond donors (Lipinski definition) is 2. The van der Waals surface area contributed by atoms with Crippen molar-refractivity contribution in [2.75, 3.05) is 20.7 Å². The van der Waals surface area contributed by atoms with Crippen molar-refractivity contribution in [2.24, 2.45) is 5.92 Å². The van der Waals surface area contributed by atoms with Gasteiger partial charge >= 0.3 is 0 Å². The Bertz CT molecular complexity index is 183. The van der Waals surface area contributed by atoms with Gasteiger partial charge in [0, 0.05) is 26.7 Å². The molecule has 0 saturated heterocycles. The van der Waals surface area contributed by atoms with Crippen LogP contribution in [-0.2, 0) is 4.79 Å². The van der Waals surface area contributed by atoms with Gasteiger partial charge in [-0.3, -0.25) is 4.79 Å². The van der Waals surface area contributed by atoms with Crippen molar-refractivity contribution in [2.45, 2.75) is 32.9 Å². The highest BCUT2D eigenvalue weighted by Crippen LogP contribution is 2.02. The number of carbonyl (C=O) groups excluding carboxylic acids is 1. The molecule has 0 aliphatic carbocycles. The molecule has 0 aliphatic heterocycles. The number of hydrogen-bond acceptors (Lipinski definition) is 3. The molecule has 3 atom stereocenters. The Morgan fingerprint density at radius 3 is 2.21 bits per heavy atom. The normalized spacial score (nSPS) is 17.3. The molecule has 0 bridgehead atoms. The predicted molar refractivity (Wildman–Crippen MR) is 57.0 cm³/mol. The molecule has 0 heterocycles. The highest BCUT2D eigenvalue weighted by molar-refractivity contribution is 5.80. The summed E-state index contributed by atoms with van der Waals surface area (Å²) in [6, 6.07) is -0.0621. The Labute approximate surface area is 86.3 Å². The van der Waals surface area contributed by atoms with Crippen LogP contribution >= 0.6 is 0 Å². The molecule has 4 nitrogen and oxygen atoms in total. The van der Waals surface area contributed by atoms with Crippen LogP contribution < -0.4 is 5.32 Å². The average Bonchev–Trinajstić information content (AvgIpc) is 2.14. The lowest BCUT2D eigenvalue weighted by atomic mass is 10.0. The Hall–Kier alpha value is -0.610. The molecule has 1 amide bonds. The summed E-state index contributed by atoms with van der Waals surface area (Å²) in [7, 11) is 3.47. The molecule has 84 valence electrons. The first kappa shape index (κ1) is 13.4. The molecule has 2 N–H and O–H groups in total. The SMILES string of the molecule is CC(NC(C)C(C)CO)C(=O)N(C)C. The maximum absolute atomic E-state index is 11.5. The number of aliphatic hydroxyl groups excluding tert-OH is 1. The molecule has 0 fully saturated rings. The van der Waals surface area contributed by atoms with Gasteiger partial charge in [-0.05, 0) is 19.8 Å². The predicted octanol–water partition coefficient (Wildman–Crippen LogP) is 0.0696. The van der Waals surface area contributed by atoms with Crippen LogP contribution in [0, 0.1) is 5.92 Å². The second-order valence-corrected chi connectivity index (χ2v) is 4.07. The zero-order chi connectivity index (χ0) is 11.3. The second-order valence-electron chi connectivity index (χ2n) is 4.07. The molecule has 14 heavy (non-hydrogen) atoms. The lowest BCUT2D eigenvalue weighted by molar-refractivity contribution is -0.130. The minimum absolute atomic E-state index is 0.0574. The number of amides is 1. The van der Waals surface area contributed by atoms with Crippen molar-refractivity contribution in [3.63, 3.8) is 0 Å². The quantitative estimate of drug-likeness (QED) is 0.663. The monoisotopic (exact) mass is 202 g/mol. The van der Waals surface area contributed by atoms with Crippen molar-refractivity contribution < 1.29 is 9.90 Å². The summed E-state index contributed by atoms with van der Waals surface area (Å²) in [5.74, 6) is 0.217. The van der Waals surface area contributed by atoms with Crippen LogP contribution in [0.25, 0.3) is 0 Å². The molecular weight excluding hydrogens is 180 g/mol. The first-order valence-corrected chi connectivity index (χ1v) is 4.98. The molecule has 3 unspecified atom stereocenters. The Kier molecular flexibility index (Phi) is 5.72. The summed E-state index contributed by atoms with van der Waals surface area (Å²) in [5.41, 5.74) is 0. The van der Waals surface area contributed by atoms with Crippen molar-refractivity contribution in [3.05, 3.63) is 0 Å². The van der Waals surface area contributed by atoms with Gasteiger partial charge in [0.1, 0.15) is 0 Å². The van der Waals surface area contributed by atoms with Gasteiger partial charge in [0.25, 0.3) is 0 Å². The lowest BCUT2D eigenvalue weighted by Gasteiger charge is -2.25. The van der Waals surface area contributed by atoms with E-state index in [2.05, 4.69) is 5.32 Å². The zero-order valence-corrected chi connectivity index (χ0v) is 9.74. The van der Waals surface area contributed by atoms with E-state index in [0.29, 0.717) is 0 Å². The van der Waals surface area contributed by atoms with E-state index in [1.807, 2.05) is 20.8 Å². The molecule has 0 aromatic heterocycles. The third kappa shape index (κ3) is 4.07. The van der Waals surface area contributed by atoms with Crippen LogP contribution in [0.5, 0.6) is 0 Å². The number of nitrogens with zero attached hydrogens (tertiary/aromatic N) is 1. The number of aliphatic hydroxyl groups is 1. The molecular formula is C10H22N2O2. The van der Waals surface area contributed by atoms with Gasteiger partial charge in [0.05, 0.1) is 6.04 Å². The van der Waals surface area contributed by atoms with E-state index in [1.165, 1.54) is 0 Å². The molecule has 4 heteroatoms. The van der Waals surface area contributed by atoms with Gasteiger partial charge in [0.2, 0.25) is 5.91 Å². The molecule has 0 saturated carbocycles. The maximum atomic E-state index is 11.5. The van der Waals surface area contributed by atoms with E-state index >= 15 is 0 Å². The van der Waals surface area contributed by atoms with Gasteiger partial charge in [-0.1, -0.05) is 6.92 Å². The summed E-state index contributed by atoms with van der Waals surface area (Å²) in [6.45, 7) is 5.89. The van der Waals surface area contributed by atoms with Gasteiger partial charge < -0.3 is 15.3 Å². The summed E-state index contributed by atoms with van der Waals surface area (Å²) < 4.78 is 0. The topological polar surface area (TPSA) is 52.6 Å². The van der Waals surface area contributed by atoms with Crippen molar-refractivity contribution in [1.29, 1.82) is 0 Å². The van der Waals surface area contributed by atoms with E-state index < -0.39 is 0 Å². The van der Waals surface area contributed by atoms with Crippen LogP contribution in [0.1, 0.15) is 20.8 Å². The molecule has 0 aromatic rings. The van der Waals surface area contributed by atoms with Crippen molar-refractivity contribution >= 4 is 5.91 Å². The Morgan fingerprint density at radius 1 is 1.36 bits per heavy atom. The number of carbonyl (C=O) groups is 1. The van der Waals surface area contributed by atoms with E-state index in [0.717, 1.165) is 0 Å². The fourth-order valence-corrected chi connectivity index (χ4v) is 1.18. The second kappa shape index (κ2) is 5.98. The largest absolute Gasteiger partial charge is 0.396 e.